The van der Waals surface area contributed by atoms with Gasteiger partial charge in [-0.3, -0.25) is 8.67 Å². The van der Waals surface area contributed by atoms with Crippen molar-refractivity contribution in [2.45, 2.75) is 64.8 Å². The second kappa shape index (κ2) is 14.5. The van der Waals surface area contributed by atoms with Gasteiger partial charge in [-0.25, -0.2) is 13.2 Å². The van der Waals surface area contributed by atoms with Crippen LogP contribution < -0.4 is 11.5 Å². The van der Waals surface area contributed by atoms with Gasteiger partial charge in [0, 0.05) is 5.92 Å². The lowest BCUT2D eigenvalue weighted by Crippen LogP contribution is -2.55. The Bertz CT molecular complexity index is 469. The van der Waals surface area contributed by atoms with Crippen LogP contribution in [0.25, 0.3) is 0 Å². The van der Waals surface area contributed by atoms with Crippen molar-refractivity contribution in [3.05, 3.63) is 0 Å². The van der Waals surface area contributed by atoms with Crippen LogP contribution >= 0.6 is 0 Å². The average molecular weight is 398 g/mol. The van der Waals surface area contributed by atoms with Gasteiger partial charge in [0.05, 0.1) is 27.7 Å². The van der Waals surface area contributed by atoms with Gasteiger partial charge in [-0.2, -0.15) is 0 Å². The van der Waals surface area contributed by atoms with E-state index in [4.69, 9.17) is 11.5 Å². The third-order valence-corrected chi connectivity index (χ3v) is 4.75. The van der Waals surface area contributed by atoms with Crippen molar-refractivity contribution in [2.75, 3.05) is 34.3 Å². The van der Waals surface area contributed by atoms with Crippen molar-refractivity contribution >= 4 is 16.3 Å². The topological polar surface area (TPSA) is 136 Å². The molecule has 0 bridgehead atoms. The number of amides is 1. The van der Waals surface area contributed by atoms with E-state index in [0.29, 0.717) is 16.9 Å². The minimum Gasteiger partial charge on any atom is -0.726 e. The van der Waals surface area contributed by atoms with Crippen molar-refractivity contribution in [3.63, 3.8) is 0 Å². The van der Waals surface area contributed by atoms with Crippen LogP contribution in [-0.2, 0) is 19.4 Å². The van der Waals surface area contributed by atoms with Gasteiger partial charge >= 0.3 is 5.91 Å². The number of quaternary nitrogens is 1. The Hall–Kier alpha value is -0.580. The van der Waals surface area contributed by atoms with Crippen molar-refractivity contribution in [3.8, 4) is 0 Å². The maximum absolute atomic E-state index is 12.5. The number of hydrogen-bond donors (Lipinski definition) is 2. The predicted molar refractivity (Wildman–Crippen MR) is 103 cm³/mol. The number of rotatable bonds is 12. The molecule has 0 spiro atoms. The molecule has 0 rings (SSSR count). The van der Waals surface area contributed by atoms with Gasteiger partial charge in [0.2, 0.25) is 10.4 Å². The van der Waals surface area contributed by atoms with Gasteiger partial charge in [0.15, 0.2) is 0 Å². The van der Waals surface area contributed by atoms with E-state index in [2.05, 4.69) is 18.0 Å². The second-order valence-electron chi connectivity index (χ2n) is 7.09. The molecule has 0 aliphatic rings. The fourth-order valence-electron chi connectivity index (χ4n) is 2.73. The van der Waals surface area contributed by atoms with Crippen LogP contribution in [0.1, 0.15) is 58.8 Å². The first-order chi connectivity index (χ1) is 11.9. The Labute approximate surface area is 159 Å². The second-order valence-corrected chi connectivity index (χ2v) is 8.24. The molecule has 8 nitrogen and oxygen atoms in total. The van der Waals surface area contributed by atoms with Gasteiger partial charge < -0.3 is 16.0 Å². The largest absolute Gasteiger partial charge is 0.726 e. The SMILES string of the molecule is CCCCC(CC)C[N+](C)(C)C(=O)[C@@H](N)CCCCN.COS(=O)(=O)[O-]. The fourth-order valence-corrected chi connectivity index (χ4v) is 2.73. The zero-order valence-corrected chi connectivity index (χ0v) is 17.9. The minimum atomic E-state index is -4.41. The van der Waals surface area contributed by atoms with Crippen LogP contribution in [0.15, 0.2) is 0 Å². The number of carbonyl (C=O) groups is 1. The molecule has 0 saturated heterocycles. The lowest BCUT2D eigenvalue weighted by Gasteiger charge is -2.32. The number of nitrogens with zero attached hydrogens (tertiary/aromatic N) is 1. The van der Waals surface area contributed by atoms with Crippen LogP contribution in [0.5, 0.6) is 0 Å². The third-order valence-electron chi connectivity index (χ3n) is 4.35. The van der Waals surface area contributed by atoms with Gasteiger partial charge in [0.25, 0.3) is 0 Å². The van der Waals surface area contributed by atoms with Crippen molar-refractivity contribution in [1.82, 2.24) is 0 Å². The number of carbonyl (C=O) groups excluding carboxylic acids is 1. The molecule has 9 heteroatoms. The van der Waals surface area contributed by atoms with Crippen LogP contribution in [0.4, 0.5) is 0 Å². The molecule has 0 aliphatic heterocycles. The summed E-state index contributed by atoms with van der Waals surface area (Å²) in [7, 11) is 0.395. The van der Waals surface area contributed by atoms with Crippen molar-refractivity contribution in [2.24, 2.45) is 17.4 Å². The number of hydrogen-bond acceptors (Lipinski definition) is 7. The van der Waals surface area contributed by atoms with E-state index in [9.17, 15) is 17.8 Å². The standard InChI is InChI=1S/C16H36N3O.CH4O4S/c1-5-7-10-14(6-2)13-19(3,4)16(20)15(18)11-8-9-12-17;1-5-6(2,3)4/h14-15H,5-13,17-18H2,1-4H3;1H3,(H,2,3,4)/q+1;/p-1/t14?,15-;/m0./s1. The molecule has 0 fully saturated rings. The third kappa shape index (κ3) is 14.6. The van der Waals surface area contributed by atoms with E-state index in [0.717, 1.165) is 39.3 Å². The molecule has 0 aromatic carbocycles. The first-order valence-electron chi connectivity index (χ1n) is 9.29. The molecule has 0 aliphatic carbocycles. The normalized spacial score (nSPS) is 14.3. The zero-order chi connectivity index (χ0) is 20.8. The van der Waals surface area contributed by atoms with E-state index >= 15 is 0 Å². The summed E-state index contributed by atoms with van der Waals surface area (Å²) in [6, 6.07) is -0.347. The summed E-state index contributed by atoms with van der Waals surface area (Å²) < 4.78 is 31.4. The Balaban J connectivity index is 0. The Morgan fingerprint density at radius 1 is 1.15 bits per heavy atom. The molecule has 2 atom stereocenters. The van der Waals surface area contributed by atoms with E-state index < -0.39 is 10.4 Å². The highest BCUT2D eigenvalue weighted by Crippen LogP contribution is 2.18. The highest BCUT2D eigenvalue weighted by Gasteiger charge is 2.33. The van der Waals surface area contributed by atoms with Crippen molar-refractivity contribution in [1.29, 1.82) is 0 Å². The Morgan fingerprint density at radius 2 is 1.69 bits per heavy atom. The summed E-state index contributed by atoms with van der Waals surface area (Å²) in [6.45, 7) is 6.01. The highest BCUT2D eigenvalue weighted by molar-refractivity contribution is 7.80. The molecule has 26 heavy (non-hydrogen) atoms. The maximum Gasteiger partial charge on any atom is 0.330 e. The average Bonchev–Trinajstić information content (AvgIpc) is 2.57. The summed E-state index contributed by atoms with van der Waals surface area (Å²) in [6.07, 6.45) is 7.45. The van der Waals surface area contributed by atoms with Crippen LogP contribution in [-0.4, -0.2) is 63.7 Å². The Morgan fingerprint density at radius 3 is 2.08 bits per heavy atom. The lowest BCUT2D eigenvalue weighted by molar-refractivity contribution is -0.818. The minimum absolute atomic E-state index is 0.164. The van der Waals surface area contributed by atoms with E-state index in [1.165, 1.54) is 19.3 Å². The number of unbranched alkanes of at least 4 members (excludes halogenated alkanes) is 2. The monoisotopic (exact) mass is 397 g/mol. The first kappa shape index (κ1) is 27.6. The summed E-state index contributed by atoms with van der Waals surface area (Å²) in [5, 5.41) is 0. The van der Waals surface area contributed by atoms with E-state index in [1.54, 1.807) is 0 Å². The maximum atomic E-state index is 12.5. The summed E-state index contributed by atoms with van der Waals surface area (Å²) in [5.41, 5.74) is 11.5. The molecular weight excluding hydrogens is 358 g/mol. The van der Waals surface area contributed by atoms with Crippen LogP contribution in [0, 0.1) is 5.92 Å². The molecule has 0 radical (unpaired) electrons. The van der Waals surface area contributed by atoms with E-state index in [-0.39, 0.29) is 11.9 Å². The number of likely N-dealkylation sites (N-methyl/N-ethyl adjacent to an activating group) is 1. The smallest absolute Gasteiger partial charge is 0.330 e. The van der Waals surface area contributed by atoms with Crippen LogP contribution in [0.3, 0.4) is 0 Å². The van der Waals surface area contributed by atoms with Gasteiger partial charge in [0.1, 0.15) is 6.04 Å². The highest BCUT2D eigenvalue weighted by atomic mass is 32.3. The molecule has 1 amide bonds. The number of nitrogens with two attached hydrogens (primary N) is 2. The van der Waals surface area contributed by atoms with Gasteiger partial charge in [-0.15, -0.1) is 0 Å². The Kier molecular flexibility index (Phi) is 15.4. The van der Waals surface area contributed by atoms with Gasteiger partial charge in [-0.05, 0) is 38.6 Å². The molecule has 0 aromatic heterocycles. The predicted octanol–water partition coefficient (Wildman–Crippen LogP) is 1.36. The molecule has 0 aromatic rings. The quantitative estimate of drug-likeness (QED) is 0.219. The van der Waals surface area contributed by atoms with E-state index in [1.807, 2.05) is 14.1 Å². The molecular formula is C17H39N3O5S. The fraction of sp³-hybridized carbons (Fsp3) is 0.941. The first-order valence-corrected chi connectivity index (χ1v) is 10.6. The molecule has 4 N–H and O–H groups in total. The molecule has 0 saturated carbocycles. The summed E-state index contributed by atoms with van der Waals surface area (Å²) >= 11 is 0. The lowest BCUT2D eigenvalue weighted by atomic mass is 9.97. The summed E-state index contributed by atoms with van der Waals surface area (Å²) in [5.74, 6) is 0.780. The van der Waals surface area contributed by atoms with Crippen molar-refractivity contribution < 1.29 is 26.4 Å². The zero-order valence-electron chi connectivity index (χ0n) is 17.1. The molecule has 0 heterocycles. The summed E-state index contributed by atoms with van der Waals surface area (Å²) in [4.78, 5) is 12.5. The molecule has 158 valence electrons. The molecule has 1 unspecified atom stereocenters. The van der Waals surface area contributed by atoms with Crippen LogP contribution in [0.2, 0.25) is 0 Å². The van der Waals surface area contributed by atoms with Gasteiger partial charge in [-0.1, -0.05) is 26.7 Å².